The van der Waals surface area contributed by atoms with E-state index in [0.29, 0.717) is 46.3 Å². The summed E-state index contributed by atoms with van der Waals surface area (Å²) in [5.74, 6) is 0.591. The van der Waals surface area contributed by atoms with E-state index in [-0.39, 0.29) is 23.4 Å². The zero-order chi connectivity index (χ0) is 25.3. The van der Waals surface area contributed by atoms with Crippen molar-refractivity contribution < 1.29 is 24.2 Å². The van der Waals surface area contributed by atoms with Crippen molar-refractivity contribution in [2.45, 2.75) is 67.4 Å². The van der Waals surface area contributed by atoms with Gasteiger partial charge in [-0.25, -0.2) is 9.79 Å². The van der Waals surface area contributed by atoms with Gasteiger partial charge in [-0.1, -0.05) is 20.8 Å². The first-order valence-electron chi connectivity index (χ1n) is 11.6. The fourth-order valence-electron chi connectivity index (χ4n) is 5.08. The van der Waals surface area contributed by atoms with Gasteiger partial charge in [0.1, 0.15) is 17.5 Å². The quantitative estimate of drug-likeness (QED) is 0.516. The SMILES string of the molecule is CC(=O)NC1=NC(=Cc2[nH]c(NC(C)=O)c(OC3C(C)CC(C)CC3C)c2C)C(C)=C1C(=O)O. The molecule has 2 unspecified atom stereocenters. The first-order valence-corrected chi connectivity index (χ1v) is 11.6. The molecule has 2 aliphatic rings. The van der Waals surface area contributed by atoms with Gasteiger partial charge in [0.15, 0.2) is 11.6 Å². The van der Waals surface area contributed by atoms with Crippen LogP contribution >= 0.6 is 0 Å². The zero-order valence-corrected chi connectivity index (χ0v) is 20.8. The van der Waals surface area contributed by atoms with Crippen LogP contribution in [0, 0.1) is 24.7 Å². The number of nitrogens with zero attached hydrogens (tertiary/aromatic N) is 1. The number of carbonyl (C=O) groups is 3. The summed E-state index contributed by atoms with van der Waals surface area (Å²) in [4.78, 5) is 42.7. The van der Waals surface area contributed by atoms with Crippen LogP contribution in [-0.2, 0) is 14.4 Å². The normalized spacial score (nSPS) is 25.9. The summed E-state index contributed by atoms with van der Waals surface area (Å²) in [5, 5.41) is 14.9. The van der Waals surface area contributed by atoms with Gasteiger partial charge < -0.3 is 25.5 Å². The number of hydrogen-bond donors (Lipinski definition) is 4. The van der Waals surface area contributed by atoms with E-state index in [9.17, 15) is 19.5 Å². The van der Waals surface area contributed by atoms with Crippen LogP contribution in [0.4, 0.5) is 5.82 Å². The van der Waals surface area contributed by atoms with Crippen LogP contribution in [0.3, 0.4) is 0 Å². The molecule has 1 aliphatic carbocycles. The molecular formula is C25H34N4O5. The number of amidine groups is 1. The highest BCUT2D eigenvalue weighted by molar-refractivity contribution is 6.24. The van der Waals surface area contributed by atoms with Crippen molar-refractivity contribution in [3.63, 3.8) is 0 Å². The highest BCUT2D eigenvalue weighted by Gasteiger charge is 2.34. The summed E-state index contributed by atoms with van der Waals surface area (Å²) in [6, 6.07) is 0. The van der Waals surface area contributed by atoms with E-state index in [1.54, 1.807) is 13.0 Å². The summed E-state index contributed by atoms with van der Waals surface area (Å²) < 4.78 is 6.52. The topological polar surface area (TPSA) is 133 Å². The number of nitrogens with one attached hydrogen (secondary N) is 3. The predicted molar refractivity (Wildman–Crippen MR) is 131 cm³/mol. The van der Waals surface area contributed by atoms with Gasteiger partial charge in [-0.3, -0.25) is 9.59 Å². The maximum atomic E-state index is 11.9. The first kappa shape index (κ1) is 25.3. The van der Waals surface area contributed by atoms with Gasteiger partial charge in [0.2, 0.25) is 11.8 Å². The summed E-state index contributed by atoms with van der Waals surface area (Å²) in [6.45, 7) is 12.9. The van der Waals surface area contributed by atoms with Crippen molar-refractivity contribution >= 4 is 35.5 Å². The molecule has 0 saturated heterocycles. The molecule has 1 aromatic heterocycles. The molecule has 0 aromatic carbocycles. The second kappa shape index (κ2) is 9.87. The van der Waals surface area contributed by atoms with Crippen molar-refractivity contribution in [1.82, 2.24) is 10.3 Å². The van der Waals surface area contributed by atoms with Crippen LogP contribution < -0.4 is 15.4 Å². The number of aliphatic carboxylic acids is 1. The maximum Gasteiger partial charge on any atom is 0.339 e. The molecule has 0 radical (unpaired) electrons. The van der Waals surface area contributed by atoms with E-state index in [0.717, 1.165) is 18.4 Å². The fourth-order valence-corrected chi connectivity index (χ4v) is 5.08. The van der Waals surface area contributed by atoms with Gasteiger partial charge in [0.25, 0.3) is 0 Å². The second-order valence-corrected chi connectivity index (χ2v) is 9.64. The zero-order valence-electron chi connectivity index (χ0n) is 20.8. The van der Waals surface area contributed by atoms with Crippen molar-refractivity contribution in [3.8, 4) is 5.75 Å². The molecule has 184 valence electrons. The minimum absolute atomic E-state index is 0.00509. The van der Waals surface area contributed by atoms with Gasteiger partial charge in [-0.15, -0.1) is 0 Å². The number of carbonyl (C=O) groups excluding carboxylic acids is 2. The van der Waals surface area contributed by atoms with Crippen molar-refractivity contribution in [3.05, 3.63) is 28.1 Å². The third-order valence-electron chi connectivity index (χ3n) is 6.47. The van der Waals surface area contributed by atoms with Gasteiger partial charge in [0, 0.05) is 25.1 Å². The average molecular weight is 471 g/mol. The number of allylic oxidation sites excluding steroid dienone is 1. The number of aromatic nitrogens is 1. The molecule has 2 amide bonds. The van der Waals surface area contributed by atoms with E-state index in [1.807, 2.05) is 6.92 Å². The molecule has 1 aliphatic heterocycles. The number of aliphatic imine (C=N–C) groups is 1. The minimum Gasteiger partial charge on any atom is -0.486 e. The first-order chi connectivity index (χ1) is 15.9. The molecule has 2 atom stereocenters. The molecule has 3 rings (SSSR count). The van der Waals surface area contributed by atoms with Crippen molar-refractivity contribution in [1.29, 1.82) is 0 Å². The Bertz CT molecular complexity index is 1100. The molecule has 0 bridgehead atoms. The molecule has 9 heteroatoms. The number of carboxylic acid groups (broad SMARTS) is 1. The van der Waals surface area contributed by atoms with Crippen LogP contribution in [0.1, 0.15) is 65.6 Å². The lowest BCUT2D eigenvalue weighted by Gasteiger charge is -2.38. The van der Waals surface area contributed by atoms with Gasteiger partial charge in [0.05, 0.1) is 5.70 Å². The Morgan fingerprint density at radius 1 is 1.06 bits per heavy atom. The number of hydrogen-bond acceptors (Lipinski definition) is 5. The Labute approximate surface area is 199 Å². The maximum absolute atomic E-state index is 11.9. The summed E-state index contributed by atoms with van der Waals surface area (Å²) in [6.07, 6.45) is 3.87. The lowest BCUT2D eigenvalue weighted by molar-refractivity contribution is -0.132. The number of ether oxygens (including phenoxy) is 1. The molecule has 34 heavy (non-hydrogen) atoms. The van der Waals surface area contributed by atoms with Crippen LogP contribution in [0.15, 0.2) is 21.8 Å². The molecule has 2 heterocycles. The number of H-pyrrole nitrogens is 1. The van der Waals surface area contributed by atoms with E-state index in [4.69, 9.17) is 4.74 Å². The number of carboxylic acids is 1. The van der Waals surface area contributed by atoms with Crippen LogP contribution in [0.2, 0.25) is 0 Å². The largest absolute Gasteiger partial charge is 0.486 e. The molecule has 1 saturated carbocycles. The monoisotopic (exact) mass is 470 g/mol. The van der Waals surface area contributed by atoms with E-state index < -0.39 is 11.9 Å². The minimum atomic E-state index is -1.17. The Morgan fingerprint density at radius 3 is 2.18 bits per heavy atom. The lowest BCUT2D eigenvalue weighted by Crippen LogP contribution is -2.38. The molecule has 1 aromatic rings. The van der Waals surface area contributed by atoms with Crippen molar-refractivity contribution in [2.24, 2.45) is 22.7 Å². The Morgan fingerprint density at radius 2 is 1.65 bits per heavy atom. The van der Waals surface area contributed by atoms with E-state index >= 15 is 0 Å². The molecule has 9 nitrogen and oxygen atoms in total. The Kier molecular flexibility index (Phi) is 7.33. The predicted octanol–water partition coefficient (Wildman–Crippen LogP) is 4.02. The van der Waals surface area contributed by atoms with Gasteiger partial charge in [-0.05, 0) is 56.1 Å². The number of amides is 2. The summed E-state index contributed by atoms with van der Waals surface area (Å²) in [7, 11) is 0. The summed E-state index contributed by atoms with van der Waals surface area (Å²) in [5.41, 5.74) is 2.19. The average Bonchev–Trinajstić information content (AvgIpc) is 3.14. The standard InChI is InChI=1S/C25H34N4O5/c1-11-8-12(2)21(13(3)9-11)34-22-15(5)19(29-24(22)27-17(7)31)10-18-14(4)20(25(32)33)23(28-18)26-16(6)30/h10-13,21,29H,8-9H2,1-7H3,(H,27,31)(H,32,33)(H,26,28,30). The molecule has 4 N–H and O–H groups in total. The number of anilines is 1. The van der Waals surface area contributed by atoms with E-state index in [2.05, 4.69) is 41.4 Å². The molecular weight excluding hydrogens is 436 g/mol. The van der Waals surface area contributed by atoms with Gasteiger partial charge in [-0.2, -0.15) is 0 Å². The number of rotatable bonds is 5. The lowest BCUT2D eigenvalue weighted by atomic mass is 9.75. The van der Waals surface area contributed by atoms with Gasteiger partial charge >= 0.3 is 5.97 Å². The van der Waals surface area contributed by atoms with E-state index in [1.165, 1.54) is 13.8 Å². The van der Waals surface area contributed by atoms with Crippen LogP contribution in [0.5, 0.6) is 5.75 Å². The fraction of sp³-hybridized carbons (Fsp3) is 0.520. The smallest absolute Gasteiger partial charge is 0.339 e. The second-order valence-electron chi connectivity index (χ2n) is 9.64. The molecule has 0 spiro atoms. The summed E-state index contributed by atoms with van der Waals surface area (Å²) >= 11 is 0. The van der Waals surface area contributed by atoms with Crippen molar-refractivity contribution in [2.75, 3.05) is 5.32 Å². The third-order valence-corrected chi connectivity index (χ3v) is 6.47. The Balaban J connectivity index is 2.03. The third kappa shape index (κ3) is 5.24. The van der Waals surface area contributed by atoms with Crippen LogP contribution in [-0.4, -0.2) is 39.8 Å². The molecule has 1 fully saturated rings. The highest BCUT2D eigenvalue weighted by Crippen LogP contribution is 2.40. The Hall–Kier alpha value is -3.36. The number of aromatic amines is 1. The van der Waals surface area contributed by atoms with Crippen LogP contribution in [0.25, 0.3) is 6.08 Å². The highest BCUT2D eigenvalue weighted by atomic mass is 16.5.